The Morgan fingerprint density at radius 1 is 0.905 bits per heavy atom. The highest BCUT2D eigenvalue weighted by Crippen LogP contribution is 2.34. The summed E-state index contributed by atoms with van der Waals surface area (Å²) in [6, 6.07) is 0. The molecule has 0 saturated heterocycles. The Hall–Kier alpha value is -1.06. The molecule has 0 aromatic heterocycles. The number of hydrogen-bond donors (Lipinski definition) is 2. The molecule has 2 amide bonds. The lowest BCUT2D eigenvalue weighted by Crippen LogP contribution is -2.36. The summed E-state index contributed by atoms with van der Waals surface area (Å²) in [5.41, 5.74) is -0.442. The van der Waals surface area contributed by atoms with E-state index in [1.807, 2.05) is 41.5 Å². The average molecular weight is 300 g/mol. The van der Waals surface area contributed by atoms with Gasteiger partial charge in [0.2, 0.25) is 11.8 Å². The van der Waals surface area contributed by atoms with Crippen molar-refractivity contribution in [2.75, 3.05) is 0 Å². The predicted octanol–water partition coefficient (Wildman–Crippen LogP) is 3.26. The van der Waals surface area contributed by atoms with Gasteiger partial charge in [-0.05, 0) is 39.5 Å². The van der Waals surface area contributed by atoms with Crippen molar-refractivity contribution in [1.82, 2.24) is 10.6 Å². The van der Waals surface area contributed by atoms with Crippen molar-refractivity contribution in [2.24, 2.45) is 11.8 Å². The van der Waals surface area contributed by atoms with Gasteiger partial charge in [0.1, 0.15) is 0 Å². The highest BCUT2D eigenvalue weighted by atomic mass is 16.2. The first-order valence-corrected chi connectivity index (χ1v) is 7.40. The fourth-order valence-corrected chi connectivity index (χ4v) is 1.36. The summed E-state index contributed by atoms with van der Waals surface area (Å²) < 4.78 is 14.7. The lowest BCUT2D eigenvalue weighted by Gasteiger charge is -2.12. The number of hydrogen-bond acceptors (Lipinski definition) is 2. The van der Waals surface area contributed by atoms with Crippen LogP contribution in [0.5, 0.6) is 0 Å². The zero-order chi connectivity index (χ0) is 17.3. The predicted molar refractivity (Wildman–Crippen MR) is 88.0 cm³/mol. The first-order valence-electron chi connectivity index (χ1n) is 8.55. The summed E-state index contributed by atoms with van der Waals surface area (Å²) in [7, 11) is 0. The molecule has 0 radical (unpaired) electrons. The monoisotopic (exact) mass is 300 g/mol. The Morgan fingerprint density at radius 2 is 1.14 bits per heavy atom. The summed E-state index contributed by atoms with van der Waals surface area (Å²) in [5.74, 6) is 0.170. The molecule has 0 aromatic rings. The minimum atomic E-state index is -0.221. The molecule has 4 atom stereocenters. The zero-order valence-corrected chi connectivity index (χ0v) is 13.5. The van der Waals surface area contributed by atoms with Crippen molar-refractivity contribution in [1.29, 1.82) is 0 Å². The molecule has 0 aliphatic heterocycles. The number of rotatable bonds is 4. The summed E-state index contributed by atoms with van der Waals surface area (Å²) in [4.78, 5) is 22.3. The maximum atomic E-state index is 11.1. The molecular weight excluding hydrogens is 264 g/mol. The summed E-state index contributed by atoms with van der Waals surface area (Å²) >= 11 is 0. The highest BCUT2D eigenvalue weighted by Gasteiger charge is 2.39. The van der Waals surface area contributed by atoms with E-state index >= 15 is 0 Å². The van der Waals surface area contributed by atoms with Crippen LogP contribution in [0.15, 0.2) is 0 Å². The Bertz CT molecular complexity index is 402. The van der Waals surface area contributed by atoms with Gasteiger partial charge in [-0.15, -0.1) is 0 Å². The summed E-state index contributed by atoms with van der Waals surface area (Å²) in [6.45, 7) is 11.3. The molecule has 0 bridgehead atoms. The standard InChI is InChI=1S/2C8H15NO.CH4/c2*1-6(2)7(10)9-8(3)4-5-8;/h2*6H,4-5H2,1-3H3,(H,9,10);1H4/i2*4D;/t2*4?,8-;/m00./s1. The maximum Gasteiger partial charge on any atom is 0.222 e. The quantitative estimate of drug-likeness (QED) is 0.837. The van der Waals surface area contributed by atoms with Crippen LogP contribution in [-0.4, -0.2) is 22.9 Å². The molecule has 4 nitrogen and oxygen atoms in total. The lowest BCUT2D eigenvalue weighted by atomic mass is 10.2. The number of carbonyl (C=O) groups excluding carboxylic acids is 2. The van der Waals surface area contributed by atoms with Gasteiger partial charge in [0, 0.05) is 25.7 Å². The third kappa shape index (κ3) is 7.49. The molecule has 2 fully saturated rings. The van der Waals surface area contributed by atoms with Gasteiger partial charge in [-0.1, -0.05) is 35.1 Å². The van der Waals surface area contributed by atoms with Crippen LogP contribution in [0.25, 0.3) is 0 Å². The molecule has 2 saturated carbocycles. The average Bonchev–Trinajstić information content (AvgIpc) is 3.16. The fourth-order valence-electron chi connectivity index (χ4n) is 1.36. The van der Waals surface area contributed by atoms with E-state index in [1.165, 1.54) is 0 Å². The number of nitrogens with one attached hydrogen (secondary N) is 2. The van der Waals surface area contributed by atoms with Gasteiger partial charge >= 0.3 is 0 Å². The molecule has 4 heteroatoms. The number of amides is 2. The van der Waals surface area contributed by atoms with Crippen LogP contribution in [-0.2, 0) is 9.59 Å². The molecule has 0 spiro atoms. The lowest BCUT2D eigenvalue weighted by molar-refractivity contribution is -0.125. The van der Waals surface area contributed by atoms with E-state index in [0.717, 1.165) is 12.8 Å². The Balaban J connectivity index is 0.000000403. The van der Waals surface area contributed by atoms with Crippen LogP contribution in [0.4, 0.5) is 0 Å². The summed E-state index contributed by atoms with van der Waals surface area (Å²) in [5, 5.41) is 5.71. The van der Waals surface area contributed by atoms with Crippen molar-refractivity contribution in [3.63, 3.8) is 0 Å². The van der Waals surface area contributed by atoms with E-state index in [-0.39, 0.29) is 54.9 Å². The van der Waals surface area contributed by atoms with Crippen LogP contribution in [0.2, 0.25) is 0 Å². The Kier molecular flexibility index (Phi) is 5.65. The first-order chi connectivity index (χ1) is 9.91. The minimum absolute atomic E-state index is 0. The molecule has 124 valence electrons. The van der Waals surface area contributed by atoms with Gasteiger partial charge in [0.05, 0.1) is 0 Å². The molecular formula is C17H34N2O2. The van der Waals surface area contributed by atoms with Crippen LogP contribution in [0.1, 0.15) is 77.3 Å². The van der Waals surface area contributed by atoms with Crippen LogP contribution >= 0.6 is 0 Å². The van der Waals surface area contributed by atoms with E-state index in [9.17, 15) is 9.59 Å². The van der Waals surface area contributed by atoms with E-state index < -0.39 is 0 Å². The Morgan fingerprint density at radius 3 is 1.29 bits per heavy atom. The van der Waals surface area contributed by atoms with Crippen LogP contribution in [0, 0.1) is 11.8 Å². The van der Waals surface area contributed by atoms with Crippen molar-refractivity contribution >= 4 is 11.8 Å². The van der Waals surface area contributed by atoms with Crippen molar-refractivity contribution < 1.29 is 12.3 Å². The van der Waals surface area contributed by atoms with Crippen molar-refractivity contribution in [2.45, 2.75) is 85.7 Å². The van der Waals surface area contributed by atoms with E-state index in [4.69, 9.17) is 2.74 Å². The van der Waals surface area contributed by atoms with E-state index in [0.29, 0.717) is 0 Å². The van der Waals surface area contributed by atoms with Crippen LogP contribution in [0.3, 0.4) is 0 Å². The SMILES string of the molecule is C.[2H]C1C[C@@]1(C)NC(=O)C(C)C.[2H]C1C[C@@]1(C)NC(=O)C(C)C. The molecule has 0 aromatic carbocycles. The molecule has 2 aliphatic rings. The van der Waals surface area contributed by atoms with Gasteiger partial charge in [-0.2, -0.15) is 0 Å². The van der Waals surface area contributed by atoms with Crippen molar-refractivity contribution in [3.05, 3.63) is 0 Å². The topological polar surface area (TPSA) is 58.2 Å². The molecule has 2 N–H and O–H groups in total. The summed E-state index contributed by atoms with van der Waals surface area (Å²) in [6.07, 6.45) is 1.41. The van der Waals surface area contributed by atoms with Crippen molar-refractivity contribution in [3.8, 4) is 0 Å². The maximum absolute atomic E-state index is 11.1. The number of carbonyl (C=O) groups is 2. The molecule has 2 unspecified atom stereocenters. The van der Waals surface area contributed by atoms with E-state index in [1.54, 1.807) is 0 Å². The molecule has 2 aliphatic carbocycles. The van der Waals surface area contributed by atoms with Gasteiger partial charge < -0.3 is 10.6 Å². The first kappa shape index (κ1) is 16.3. The fraction of sp³-hybridized carbons (Fsp3) is 0.882. The van der Waals surface area contributed by atoms with Gasteiger partial charge in [0.25, 0.3) is 0 Å². The zero-order valence-electron chi connectivity index (χ0n) is 15.5. The van der Waals surface area contributed by atoms with Gasteiger partial charge in [-0.25, -0.2) is 0 Å². The smallest absolute Gasteiger partial charge is 0.222 e. The largest absolute Gasteiger partial charge is 0.351 e. The van der Waals surface area contributed by atoms with Gasteiger partial charge in [0.15, 0.2) is 0 Å². The third-order valence-electron chi connectivity index (χ3n) is 3.50. The van der Waals surface area contributed by atoms with Gasteiger partial charge in [-0.3, -0.25) is 9.59 Å². The second kappa shape index (κ2) is 7.28. The molecule has 2 rings (SSSR count). The second-order valence-electron chi connectivity index (χ2n) is 6.94. The van der Waals surface area contributed by atoms with E-state index in [2.05, 4.69) is 10.6 Å². The molecule has 0 heterocycles. The normalized spacial score (nSPS) is 37.3. The highest BCUT2D eigenvalue weighted by molar-refractivity contribution is 5.79. The minimum Gasteiger partial charge on any atom is -0.351 e. The van der Waals surface area contributed by atoms with Crippen LogP contribution < -0.4 is 10.6 Å². The molecule has 21 heavy (non-hydrogen) atoms. The third-order valence-corrected chi connectivity index (χ3v) is 3.50. The second-order valence-corrected chi connectivity index (χ2v) is 6.94. The Labute approximate surface area is 133 Å².